The predicted octanol–water partition coefficient (Wildman–Crippen LogP) is 4.16. The van der Waals surface area contributed by atoms with Crippen molar-refractivity contribution < 1.29 is 4.79 Å². The molecule has 0 unspecified atom stereocenters. The number of carbonyl (C=O) groups is 1. The summed E-state index contributed by atoms with van der Waals surface area (Å²) in [5, 5.41) is 3.83. The average Bonchev–Trinajstić information content (AvgIpc) is 2.72. The van der Waals surface area contributed by atoms with Crippen molar-refractivity contribution in [3.63, 3.8) is 0 Å². The average molecular weight is 278 g/mol. The van der Waals surface area contributed by atoms with Crippen molar-refractivity contribution in [2.24, 2.45) is 0 Å². The zero-order valence-corrected chi connectivity index (χ0v) is 10.8. The molecule has 0 radical (unpaired) electrons. The van der Waals surface area contributed by atoms with Crippen LogP contribution in [-0.4, -0.2) is 5.91 Å². The molecule has 0 atom stereocenters. The molecule has 0 fully saturated rings. The number of nitrogens with one attached hydrogen (secondary N) is 1. The van der Waals surface area contributed by atoms with E-state index >= 15 is 0 Å². The number of rotatable bonds is 1. The number of anilines is 1. The molecule has 90 valence electrons. The van der Waals surface area contributed by atoms with Crippen molar-refractivity contribution in [1.82, 2.24) is 0 Å². The molecule has 1 aliphatic rings. The molecule has 0 saturated carbocycles. The van der Waals surface area contributed by atoms with Gasteiger partial charge < -0.3 is 5.32 Å². The lowest BCUT2D eigenvalue weighted by Gasteiger charge is -2.11. The van der Waals surface area contributed by atoms with Crippen molar-refractivity contribution in [3.8, 4) is 11.1 Å². The predicted molar refractivity (Wildman–Crippen MR) is 74.2 cm³/mol. The molecular weight excluding hydrogens is 269 g/mol. The number of hydrogen-bond donors (Lipinski definition) is 1. The lowest BCUT2D eigenvalue weighted by atomic mass is 9.97. The Bertz CT molecular complexity index is 638. The SMILES string of the molecule is O=C1Cc2c(c(Cl)cc(Cl)c2-c2ccccc2)N1. The quantitative estimate of drug-likeness (QED) is 0.834. The summed E-state index contributed by atoms with van der Waals surface area (Å²) in [5.41, 5.74) is 3.44. The Hall–Kier alpha value is -1.51. The molecular formula is C14H9Cl2NO. The van der Waals surface area contributed by atoms with Crippen molar-refractivity contribution >= 4 is 34.8 Å². The molecule has 2 aromatic carbocycles. The van der Waals surface area contributed by atoms with Gasteiger partial charge in [0.1, 0.15) is 0 Å². The summed E-state index contributed by atoms with van der Waals surface area (Å²) in [6.45, 7) is 0. The number of amides is 1. The smallest absolute Gasteiger partial charge is 0.228 e. The van der Waals surface area contributed by atoms with Crippen LogP contribution >= 0.6 is 23.2 Å². The minimum Gasteiger partial charge on any atom is -0.324 e. The second-order valence-electron chi connectivity index (χ2n) is 4.16. The third kappa shape index (κ3) is 1.78. The number of halogens is 2. The van der Waals surface area contributed by atoms with E-state index in [4.69, 9.17) is 23.2 Å². The number of carbonyl (C=O) groups excluding carboxylic acids is 1. The van der Waals surface area contributed by atoms with Crippen molar-refractivity contribution in [2.75, 3.05) is 5.32 Å². The van der Waals surface area contributed by atoms with Crippen LogP contribution < -0.4 is 5.32 Å². The van der Waals surface area contributed by atoms with E-state index in [-0.39, 0.29) is 5.91 Å². The Kier molecular flexibility index (Phi) is 2.77. The minimum atomic E-state index is -0.0497. The van der Waals surface area contributed by atoms with E-state index in [0.29, 0.717) is 22.2 Å². The van der Waals surface area contributed by atoms with E-state index in [1.54, 1.807) is 6.07 Å². The first-order valence-corrected chi connectivity index (χ1v) is 6.28. The Morgan fingerprint density at radius 1 is 1.06 bits per heavy atom. The maximum atomic E-state index is 11.5. The summed E-state index contributed by atoms with van der Waals surface area (Å²) < 4.78 is 0. The van der Waals surface area contributed by atoms with Gasteiger partial charge in [0.05, 0.1) is 22.2 Å². The second kappa shape index (κ2) is 4.30. The molecule has 18 heavy (non-hydrogen) atoms. The standard InChI is InChI=1S/C14H9Cl2NO/c15-10-7-11(16)14-9(6-12(18)17-14)13(10)8-4-2-1-3-5-8/h1-5,7H,6H2,(H,17,18). The Morgan fingerprint density at radius 2 is 1.78 bits per heavy atom. The zero-order chi connectivity index (χ0) is 12.7. The van der Waals surface area contributed by atoms with Crippen molar-refractivity contribution in [1.29, 1.82) is 0 Å². The van der Waals surface area contributed by atoms with Gasteiger partial charge in [-0.3, -0.25) is 4.79 Å². The van der Waals surface area contributed by atoms with Gasteiger partial charge in [0.15, 0.2) is 0 Å². The zero-order valence-electron chi connectivity index (χ0n) is 9.34. The summed E-state index contributed by atoms with van der Waals surface area (Å²) in [5.74, 6) is -0.0497. The molecule has 0 aliphatic carbocycles. The Balaban J connectivity index is 2.28. The van der Waals surface area contributed by atoms with Gasteiger partial charge >= 0.3 is 0 Å². The van der Waals surface area contributed by atoms with E-state index in [0.717, 1.165) is 16.7 Å². The summed E-state index contributed by atoms with van der Waals surface area (Å²) in [4.78, 5) is 11.5. The fourth-order valence-electron chi connectivity index (χ4n) is 2.24. The van der Waals surface area contributed by atoms with E-state index in [1.807, 2.05) is 30.3 Å². The van der Waals surface area contributed by atoms with E-state index in [1.165, 1.54) is 0 Å². The van der Waals surface area contributed by atoms with Crippen molar-refractivity contribution in [3.05, 3.63) is 52.0 Å². The molecule has 1 amide bonds. The summed E-state index contributed by atoms with van der Waals surface area (Å²) >= 11 is 12.4. The molecule has 4 heteroatoms. The monoisotopic (exact) mass is 277 g/mol. The molecule has 0 saturated heterocycles. The molecule has 2 aromatic rings. The van der Waals surface area contributed by atoms with Crippen LogP contribution in [0.1, 0.15) is 5.56 Å². The summed E-state index contributed by atoms with van der Waals surface area (Å²) in [6.07, 6.45) is 0.319. The molecule has 0 bridgehead atoms. The first kappa shape index (κ1) is 11.6. The van der Waals surface area contributed by atoms with Crippen LogP contribution in [-0.2, 0) is 11.2 Å². The van der Waals surface area contributed by atoms with Crippen LogP contribution in [0.4, 0.5) is 5.69 Å². The highest BCUT2D eigenvalue weighted by atomic mass is 35.5. The van der Waals surface area contributed by atoms with Crippen LogP contribution in [0.2, 0.25) is 10.0 Å². The molecule has 3 rings (SSSR count). The van der Waals surface area contributed by atoms with Gasteiger partial charge in [-0.25, -0.2) is 0 Å². The van der Waals surface area contributed by atoms with E-state index < -0.39 is 0 Å². The van der Waals surface area contributed by atoms with Crippen LogP contribution in [0.5, 0.6) is 0 Å². The van der Waals surface area contributed by atoms with Gasteiger partial charge in [-0.15, -0.1) is 0 Å². The van der Waals surface area contributed by atoms with Crippen LogP contribution in [0, 0.1) is 0 Å². The molecule has 1 heterocycles. The largest absolute Gasteiger partial charge is 0.324 e. The fraction of sp³-hybridized carbons (Fsp3) is 0.0714. The first-order chi connectivity index (χ1) is 8.66. The number of fused-ring (bicyclic) bond motifs is 1. The van der Waals surface area contributed by atoms with E-state index in [2.05, 4.69) is 5.32 Å². The highest BCUT2D eigenvalue weighted by molar-refractivity contribution is 6.39. The van der Waals surface area contributed by atoms with Gasteiger partial charge in [-0.05, 0) is 17.2 Å². The normalized spacial score (nSPS) is 13.3. The van der Waals surface area contributed by atoms with Gasteiger partial charge in [0, 0.05) is 5.56 Å². The van der Waals surface area contributed by atoms with Gasteiger partial charge in [-0.2, -0.15) is 0 Å². The molecule has 1 N–H and O–H groups in total. The summed E-state index contributed by atoms with van der Waals surface area (Å²) in [6, 6.07) is 11.4. The Morgan fingerprint density at radius 3 is 2.50 bits per heavy atom. The molecule has 1 aliphatic heterocycles. The van der Waals surface area contributed by atoms with Gasteiger partial charge in [-0.1, -0.05) is 53.5 Å². The second-order valence-corrected chi connectivity index (χ2v) is 4.97. The highest BCUT2D eigenvalue weighted by Crippen LogP contribution is 2.42. The number of hydrogen-bond acceptors (Lipinski definition) is 1. The molecule has 0 spiro atoms. The lowest BCUT2D eigenvalue weighted by Crippen LogP contribution is -2.03. The van der Waals surface area contributed by atoms with E-state index in [9.17, 15) is 4.79 Å². The van der Waals surface area contributed by atoms with Crippen LogP contribution in [0.3, 0.4) is 0 Å². The minimum absolute atomic E-state index is 0.0497. The third-order valence-corrected chi connectivity index (χ3v) is 3.60. The topological polar surface area (TPSA) is 29.1 Å². The Labute approximate surface area is 115 Å². The van der Waals surface area contributed by atoms with Crippen molar-refractivity contribution in [2.45, 2.75) is 6.42 Å². The summed E-state index contributed by atoms with van der Waals surface area (Å²) in [7, 11) is 0. The lowest BCUT2D eigenvalue weighted by molar-refractivity contribution is -0.115. The maximum Gasteiger partial charge on any atom is 0.228 e. The highest BCUT2D eigenvalue weighted by Gasteiger charge is 2.26. The molecule has 2 nitrogen and oxygen atoms in total. The van der Waals surface area contributed by atoms with Gasteiger partial charge in [0.25, 0.3) is 0 Å². The van der Waals surface area contributed by atoms with Crippen LogP contribution in [0.25, 0.3) is 11.1 Å². The maximum absolute atomic E-state index is 11.5. The fourth-order valence-corrected chi connectivity index (χ4v) is 2.90. The first-order valence-electron chi connectivity index (χ1n) is 5.53. The van der Waals surface area contributed by atoms with Gasteiger partial charge in [0.2, 0.25) is 5.91 Å². The number of benzene rings is 2. The van der Waals surface area contributed by atoms with Crippen LogP contribution in [0.15, 0.2) is 36.4 Å². The molecule has 0 aromatic heterocycles. The third-order valence-electron chi connectivity index (χ3n) is 3.00.